The van der Waals surface area contributed by atoms with E-state index >= 15 is 0 Å². The van der Waals surface area contributed by atoms with Crippen molar-refractivity contribution in [3.8, 4) is 0 Å². The lowest BCUT2D eigenvalue weighted by Crippen LogP contribution is -2.49. The van der Waals surface area contributed by atoms with Crippen LogP contribution in [-0.2, 0) is 11.2 Å². The lowest BCUT2D eigenvalue weighted by Gasteiger charge is -2.41. The van der Waals surface area contributed by atoms with Gasteiger partial charge in [-0.2, -0.15) is 0 Å². The van der Waals surface area contributed by atoms with Gasteiger partial charge in [0.05, 0.1) is 12.6 Å². The van der Waals surface area contributed by atoms with Crippen LogP contribution >= 0.6 is 0 Å². The molecule has 144 valence electrons. The van der Waals surface area contributed by atoms with Crippen molar-refractivity contribution < 1.29 is 9.18 Å². The second-order valence-electron chi connectivity index (χ2n) is 7.67. The molecule has 2 unspecified atom stereocenters. The number of nitrogens with zero attached hydrogens (tertiary/aromatic N) is 1. The van der Waals surface area contributed by atoms with E-state index in [0.29, 0.717) is 19.5 Å². The van der Waals surface area contributed by atoms with E-state index in [4.69, 9.17) is 0 Å². The molecule has 0 bridgehead atoms. The van der Waals surface area contributed by atoms with Gasteiger partial charge in [0.1, 0.15) is 0 Å². The summed E-state index contributed by atoms with van der Waals surface area (Å²) < 4.78 is 12.9. The van der Waals surface area contributed by atoms with Crippen LogP contribution < -0.4 is 5.32 Å². The van der Waals surface area contributed by atoms with Crippen LogP contribution in [0, 0.1) is 5.92 Å². The van der Waals surface area contributed by atoms with E-state index in [1.807, 2.05) is 0 Å². The number of carbonyl (C=O) groups excluding carboxylic acids is 1. The summed E-state index contributed by atoms with van der Waals surface area (Å²) in [6, 6.07) is 6.55. The first-order chi connectivity index (χ1) is 13.2. The van der Waals surface area contributed by atoms with Gasteiger partial charge in [-0.1, -0.05) is 31.6 Å². The van der Waals surface area contributed by atoms with Crippen molar-refractivity contribution in [1.82, 2.24) is 15.2 Å². The Balaban J connectivity index is 1.69. The molecule has 2 heterocycles. The molecule has 1 amide bonds. The number of halogens is 1. The lowest BCUT2D eigenvalue weighted by atomic mass is 9.79. The second kappa shape index (κ2) is 7.85. The third kappa shape index (κ3) is 3.41. The molecule has 0 fully saturated rings. The van der Waals surface area contributed by atoms with E-state index in [1.165, 1.54) is 22.1 Å². The van der Waals surface area contributed by atoms with E-state index < -0.39 is 0 Å². The van der Waals surface area contributed by atoms with Gasteiger partial charge in [0.2, 0.25) is 5.91 Å². The average Bonchev–Trinajstić information content (AvgIpc) is 3.11. The van der Waals surface area contributed by atoms with Crippen LogP contribution in [0.1, 0.15) is 37.3 Å². The third-order valence-electron chi connectivity index (χ3n) is 5.87. The minimum atomic E-state index is -0.319. The van der Waals surface area contributed by atoms with E-state index in [0.717, 1.165) is 31.3 Å². The summed E-state index contributed by atoms with van der Waals surface area (Å²) in [5.74, 6) is -0.0878. The normalized spacial score (nSPS) is 21.8. The van der Waals surface area contributed by atoms with Gasteiger partial charge < -0.3 is 10.3 Å². The molecule has 1 aliphatic heterocycles. The summed E-state index contributed by atoms with van der Waals surface area (Å²) in [5.41, 5.74) is 4.91. The fourth-order valence-electron chi connectivity index (χ4n) is 4.52. The number of H-pyrrole nitrogens is 1. The van der Waals surface area contributed by atoms with Crippen molar-refractivity contribution in [2.24, 2.45) is 5.92 Å². The van der Waals surface area contributed by atoms with Gasteiger partial charge in [0, 0.05) is 42.8 Å². The van der Waals surface area contributed by atoms with E-state index in [2.05, 4.69) is 52.6 Å². The van der Waals surface area contributed by atoms with Crippen LogP contribution in [0.3, 0.4) is 0 Å². The highest BCUT2D eigenvalue weighted by Gasteiger charge is 2.36. The van der Waals surface area contributed by atoms with Crippen LogP contribution in [-0.4, -0.2) is 48.1 Å². The van der Waals surface area contributed by atoms with Gasteiger partial charge in [0.25, 0.3) is 0 Å². The fourth-order valence-corrected chi connectivity index (χ4v) is 4.52. The van der Waals surface area contributed by atoms with Gasteiger partial charge in [-0.05, 0) is 42.0 Å². The van der Waals surface area contributed by atoms with E-state index in [-0.39, 0.29) is 24.5 Å². The SMILES string of the molecule is CCCCNC(=O)C1C=C2c3cccc4[nH]cc(c34)CC2N(CCCF)C1. The molecule has 0 radical (unpaired) electrons. The summed E-state index contributed by atoms with van der Waals surface area (Å²) in [6.07, 6.45) is 7.76. The first-order valence-electron chi connectivity index (χ1n) is 10.1. The van der Waals surface area contributed by atoms with Crippen LogP contribution in [0.5, 0.6) is 0 Å². The number of amides is 1. The number of fused-ring (bicyclic) bond motifs is 2. The molecule has 2 aliphatic rings. The molecule has 2 atom stereocenters. The number of unbranched alkanes of at least 4 members (excludes halogenated alkanes) is 1. The van der Waals surface area contributed by atoms with Crippen molar-refractivity contribution in [2.45, 2.75) is 38.6 Å². The molecule has 1 aromatic heterocycles. The summed E-state index contributed by atoms with van der Waals surface area (Å²) in [5, 5.41) is 4.35. The Bertz CT molecular complexity index is 856. The maximum Gasteiger partial charge on any atom is 0.228 e. The molecule has 1 aliphatic carbocycles. The molecular weight excluding hydrogens is 341 g/mol. The maximum absolute atomic E-state index is 12.9. The van der Waals surface area contributed by atoms with Crippen molar-refractivity contribution in [3.63, 3.8) is 0 Å². The third-order valence-corrected chi connectivity index (χ3v) is 5.87. The number of hydrogen-bond donors (Lipinski definition) is 2. The molecule has 27 heavy (non-hydrogen) atoms. The number of benzene rings is 1. The highest BCUT2D eigenvalue weighted by atomic mass is 19.1. The van der Waals surface area contributed by atoms with Gasteiger partial charge in [-0.25, -0.2) is 0 Å². The molecule has 2 N–H and O–H groups in total. The average molecular weight is 369 g/mol. The topological polar surface area (TPSA) is 48.1 Å². The van der Waals surface area contributed by atoms with Gasteiger partial charge in [-0.15, -0.1) is 0 Å². The fraction of sp³-hybridized carbons (Fsp3) is 0.500. The molecular formula is C22H28FN3O. The van der Waals surface area contributed by atoms with Crippen LogP contribution in [0.15, 0.2) is 30.5 Å². The number of aromatic amines is 1. The molecule has 1 aromatic carbocycles. The molecule has 0 saturated carbocycles. The standard InChI is InChI=1S/C22H28FN3O/c1-2-3-9-24-22(27)16-11-18-17-6-4-7-19-21(17)15(13-25-19)12-20(18)26(14-16)10-5-8-23/h4,6-7,11,13,16,20,25H,2-3,5,8-10,12,14H2,1H3,(H,24,27). The first-order valence-corrected chi connectivity index (χ1v) is 10.1. The number of alkyl halides is 1. The Kier molecular flexibility index (Phi) is 5.30. The monoisotopic (exact) mass is 369 g/mol. The summed E-state index contributed by atoms with van der Waals surface area (Å²) in [4.78, 5) is 18.4. The van der Waals surface area contributed by atoms with Crippen LogP contribution in [0.25, 0.3) is 16.5 Å². The zero-order valence-electron chi connectivity index (χ0n) is 15.9. The highest BCUT2D eigenvalue weighted by Crippen LogP contribution is 2.41. The lowest BCUT2D eigenvalue weighted by molar-refractivity contribution is -0.124. The number of nitrogens with one attached hydrogen (secondary N) is 2. The van der Waals surface area contributed by atoms with Crippen molar-refractivity contribution in [3.05, 3.63) is 41.6 Å². The molecule has 5 heteroatoms. The Hall–Kier alpha value is -2.14. The van der Waals surface area contributed by atoms with Crippen LogP contribution in [0.2, 0.25) is 0 Å². The smallest absolute Gasteiger partial charge is 0.228 e. The van der Waals surface area contributed by atoms with Gasteiger partial charge in [0.15, 0.2) is 0 Å². The van der Waals surface area contributed by atoms with Gasteiger partial charge in [-0.3, -0.25) is 14.1 Å². The molecule has 4 rings (SSSR count). The number of hydrogen-bond acceptors (Lipinski definition) is 2. The quantitative estimate of drug-likeness (QED) is 0.732. The summed E-state index contributed by atoms with van der Waals surface area (Å²) >= 11 is 0. The number of rotatable bonds is 7. The number of carbonyl (C=O) groups is 1. The van der Waals surface area contributed by atoms with Crippen molar-refractivity contribution in [2.75, 3.05) is 26.3 Å². The van der Waals surface area contributed by atoms with Crippen LogP contribution in [0.4, 0.5) is 4.39 Å². The Morgan fingerprint density at radius 3 is 3.07 bits per heavy atom. The molecule has 4 nitrogen and oxygen atoms in total. The zero-order valence-corrected chi connectivity index (χ0v) is 15.9. The zero-order chi connectivity index (χ0) is 18.8. The largest absolute Gasteiger partial charge is 0.361 e. The minimum Gasteiger partial charge on any atom is -0.361 e. The highest BCUT2D eigenvalue weighted by molar-refractivity contribution is 5.99. The Labute approximate surface area is 159 Å². The predicted octanol–water partition coefficient (Wildman–Crippen LogP) is 3.68. The molecule has 0 saturated heterocycles. The summed E-state index contributed by atoms with van der Waals surface area (Å²) in [6.45, 7) is 3.88. The predicted molar refractivity (Wildman–Crippen MR) is 107 cm³/mol. The minimum absolute atomic E-state index is 0.0895. The first kappa shape index (κ1) is 18.2. The van der Waals surface area contributed by atoms with E-state index in [1.54, 1.807) is 0 Å². The Morgan fingerprint density at radius 1 is 1.37 bits per heavy atom. The van der Waals surface area contributed by atoms with Gasteiger partial charge >= 0.3 is 0 Å². The second-order valence-corrected chi connectivity index (χ2v) is 7.67. The van der Waals surface area contributed by atoms with E-state index in [9.17, 15) is 9.18 Å². The maximum atomic E-state index is 12.9. The molecule has 0 spiro atoms. The van der Waals surface area contributed by atoms with Crippen molar-refractivity contribution in [1.29, 1.82) is 0 Å². The van der Waals surface area contributed by atoms with Crippen molar-refractivity contribution >= 4 is 22.4 Å². The molecule has 2 aromatic rings. The number of aromatic nitrogens is 1. The Morgan fingerprint density at radius 2 is 2.26 bits per heavy atom. The summed E-state index contributed by atoms with van der Waals surface area (Å²) in [7, 11) is 0.